The average molecular weight is 252 g/mol. The van der Waals surface area contributed by atoms with Crippen LogP contribution >= 0.6 is 0 Å². The summed E-state index contributed by atoms with van der Waals surface area (Å²) in [7, 11) is -3.12. The van der Waals surface area contributed by atoms with Crippen molar-refractivity contribution in [3.05, 3.63) is 35.9 Å². The molecular weight excluding hydrogens is 236 g/mol. The van der Waals surface area contributed by atoms with Crippen molar-refractivity contribution in [1.82, 2.24) is 9.62 Å². The van der Waals surface area contributed by atoms with Crippen molar-refractivity contribution in [2.75, 3.05) is 26.2 Å². The van der Waals surface area contributed by atoms with Crippen LogP contribution in [0.5, 0.6) is 0 Å². The van der Waals surface area contributed by atoms with Crippen LogP contribution in [-0.4, -0.2) is 38.9 Å². The van der Waals surface area contributed by atoms with E-state index in [1.165, 1.54) is 0 Å². The highest BCUT2D eigenvalue weighted by atomic mass is 32.2. The monoisotopic (exact) mass is 252 g/mol. The Morgan fingerprint density at radius 1 is 1.18 bits per heavy atom. The Morgan fingerprint density at radius 3 is 2.35 bits per heavy atom. The van der Waals surface area contributed by atoms with Gasteiger partial charge in [0.1, 0.15) is 0 Å². The molecule has 2 heterocycles. The summed E-state index contributed by atoms with van der Waals surface area (Å²) in [4.78, 5) is 0. The maximum atomic E-state index is 12.1. The summed E-state index contributed by atoms with van der Waals surface area (Å²) >= 11 is 0. The smallest absolute Gasteiger partial charge is 0.218 e. The zero-order valence-electron chi connectivity index (χ0n) is 9.59. The van der Waals surface area contributed by atoms with E-state index in [-0.39, 0.29) is 11.2 Å². The maximum absolute atomic E-state index is 12.1. The largest absolute Gasteiger partial charge is 0.315 e. The van der Waals surface area contributed by atoms with E-state index in [4.69, 9.17) is 0 Å². The zero-order chi connectivity index (χ0) is 11.9. The lowest BCUT2D eigenvalue weighted by atomic mass is 9.76. The molecule has 4 nitrogen and oxygen atoms in total. The second-order valence-electron chi connectivity index (χ2n) is 5.11. The highest BCUT2D eigenvalue weighted by Gasteiger charge is 2.51. The molecule has 2 aliphatic heterocycles. The lowest BCUT2D eigenvalue weighted by Crippen LogP contribution is -2.71. The van der Waals surface area contributed by atoms with Crippen LogP contribution in [0.1, 0.15) is 5.56 Å². The molecule has 92 valence electrons. The molecule has 2 aliphatic rings. The van der Waals surface area contributed by atoms with Gasteiger partial charge in [0, 0.05) is 31.6 Å². The number of hydrogen-bond acceptors (Lipinski definition) is 3. The third-order valence-corrected chi connectivity index (χ3v) is 5.35. The highest BCUT2D eigenvalue weighted by Crippen LogP contribution is 2.36. The second kappa shape index (κ2) is 3.80. The molecule has 1 spiro atoms. The standard InChI is InChI=1S/C12H16N2O2S/c15-17(16,6-11-4-2-1-3-5-11)14-9-12(10-14)7-13-8-12/h1-5,13H,6-10H2. The molecule has 0 radical (unpaired) electrons. The number of sulfonamides is 1. The number of benzene rings is 1. The van der Waals surface area contributed by atoms with E-state index in [1.807, 2.05) is 30.3 Å². The third kappa shape index (κ3) is 1.99. The number of nitrogens with zero attached hydrogens (tertiary/aromatic N) is 1. The van der Waals surface area contributed by atoms with Gasteiger partial charge in [-0.1, -0.05) is 30.3 Å². The lowest BCUT2D eigenvalue weighted by molar-refractivity contribution is 0.0163. The summed E-state index contributed by atoms with van der Waals surface area (Å²) in [5, 5.41) is 3.20. The highest BCUT2D eigenvalue weighted by molar-refractivity contribution is 7.88. The molecule has 2 saturated heterocycles. The van der Waals surface area contributed by atoms with Gasteiger partial charge in [0.25, 0.3) is 0 Å². The fourth-order valence-electron chi connectivity index (χ4n) is 2.48. The Kier molecular flexibility index (Phi) is 2.50. The van der Waals surface area contributed by atoms with Gasteiger partial charge in [0.2, 0.25) is 10.0 Å². The van der Waals surface area contributed by atoms with E-state index in [0.29, 0.717) is 13.1 Å². The molecule has 0 aliphatic carbocycles. The van der Waals surface area contributed by atoms with Crippen molar-refractivity contribution in [3.8, 4) is 0 Å². The minimum absolute atomic E-state index is 0.122. The Labute approximate surface area is 102 Å². The van der Waals surface area contributed by atoms with Gasteiger partial charge >= 0.3 is 0 Å². The fraction of sp³-hybridized carbons (Fsp3) is 0.500. The minimum Gasteiger partial charge on any atom is -0.315 e. The summed E-state index contributed by atoms with van der Waals surface area (Å²) in [6.45, 7) is 3.30. The zero-order valence-corrected chi connectivity index (χ0v) is 10.4. The predicted molar refractivity (Wildman–Crippen MR) is 65.9 cm³/mol. The van der Waals surface area contributed by atoms with Gasteiger partial charge in [-0.05, 0) is 5.56 Å². The van der Waals surface area contributed by atoms with Gasteiger partial charge in [-0.2, -0.15) is 0 Å². The number of hydrogen-bond donors (Lipinski definition) is 1. The first-order valence-corrected chi connectivity index (χ1v) is 7.43. The molecule has 1 aromatic carbocycles. The number of rotatable bonds is 3. The molecule has 0 bridgehead atoms. The molecule has 0 aromatic heterocycles. The van der Waals surface area contributed by atoms with Crippen LogP contribution in [-0.2, 0) is 15.8 Å². The van der Waals surface area contributed by atoms with Crippen LogP contribution in [0, 0.1) is 5.41 Å². The van der Waals surface area contributed by atoms with E-state index >= 15 is 0 Å². The van der Waals surface area contributed by atoms with E-state index < -0.39 is 10.0 Å². The quantitative estimate of drug-likeness (QED) is 0.848. The van der Waals surface area contributed by atoms with Crippen LogP contribution in [0.3, 0.4) is 0 Å². The molecule has 0 unspecified atom stereocenters. The molecule has 0 atom stereocenters. The molecule has 17 heavy (non-hydrogen) atoms. The SMILES string of the molecule is O=S(=O)(Cc1ccccc1)N1CC2(CNC2)C1. The van der Waals surface area contributed by atoms with Crippen LogP contribution in [0.2, 0.25) is 0 Å². The molecule has 3 rings (SSSR count). The van der Waals surface area contributed by atoms with Gasteiger partial charge in [-0.15, -0.1) is 0 Å². The first-order valence-electron chi connectivity index (χ1n) is 5.82. The maximum Gasteiger partial charge on any atom is 0.218 e. The Morgan fingerprint density at radius 2 is 1.82 bits per heavy atom. The Hall–Kier alpha value is -0.910. The van der Waals surface area contributed by atoms with Crippen molar-refractivity contribution in [2.45, 2.75) is 5.75 Å². The van der Waals surface area contributed by atoms with Gasteiger partial charge in [-0.3, -0.25) is 0 Å². The minimum atomic E-state index is -3.12. The first-order chi connectivity index (χ1) is 8.10. The van der Waals surface area contributed by atoms with Crippen molar-refractivity contribution in [2.24, 2.45) is 5.41 Å². The topological polar surface area (TPSA) is 49.4 Å². The molecule has 5 heteroatoms. The van der Waals surface area contributed by atoms with Crippen molar-refractivity contribution in [1.29, 1.82) is 0 Å². The second-order valence-corrected chi connectivity index (χ2v) is 7.08. The first kappa shape index (κ1) is 11.2. The van der Waals surface area contributed by atoms with E-state index in [0.717, 1.165) is 18.7 Å². The Balaban J connectivity index is 1.67. The average Bonchev–Trinajstić information content (AvgIpc) is 2.13. The summed E-state index contributed by atoms with van der Waals surface area (Å²) in [5.41, 5.74) is 1.12. The summed E-state index contributed by atoms with van der Waals surface area (Å²) in [6, 6.07) is 9.36. The lowest BCUT2D eigenvalue weighted by Gasteiger charge is -2.55. The molecule has 1 aromatic rings. The molecule has 2 fully saturated rings. The van der Waals surface area contributed by atoms with Gasteiger partial charge in [-0.25, -0.2) is 12.7 Å². The van der Waals surface area contributed by atoms with Gasteiger partial charge in [0.05, 0.1) is 5.75 Å². The van der Waals surface area contributed by atoms with Crippen molar-refractivity contribution < 1.29 is 8.42 Å². The molecule has 0 saturated carbocycles. The normalized spacial score (nSPS) is 23.1. The van der Waals surface area contributed by atoms with Crippen LogP contribution in [0.15, 0.2) is 30.3 Å². The van der Waals surface area contributed by atoms with Gasteiger partial charge < -0.3 is 5.32 Å². The van der Waals surface area contributed by atoms with Crippen LogP contribution < -0.4 is 5.32 Å². The fourth-order valence-corrected chi connectivity index (χ4v) is 4.21. The summed E-state index contributed by atoms with van der Waals surface area (Å²) in [5.74, 6) is 0.122. The van der Waals surface area contributed by atoms with Crippen LogP contribution in [0.4, 0.5) is 0 Å². The Bertz CT molecular complexity index is 501. The van der Waals surface area contributed by atoms with Crippen LogP contribution in [0.25, 0.3) is 0 Å². The van der Waals surface area contributed by atoms with E-state index in [1.54, 1.807) is 4.31 Å². The predicted octanol–water partition coefficient (Wildman–Crippen LogP) is 0.422. The van der Waals surface area contributed by atoms with E-state index in [2.05, 4.69) is 5.32 Å². The van der Waals surface area contributed by atoms with E-state index in [9.17, 15) is 8.42 Å². The van der Waals surface area contributed by atoms with Crippen molar-refractivity contribution in [3.63, 3.8) is 0 Å². The third-order valence-electron chi connectivity index (χ3n) is 3.61. The molecular formula is C12H16N2O2S. The van der Waals surface area contributed by atoms with Gasteiger partial charge in [0.15, 0.2) is 0 Å². The number of nitrogens with one attached hydrogen (secondary N) is 1. The summed E-state index contributed by atoms with van der Waals surface area (Å²) < 4.78 is 25.8. The molecule has 0 amide bonds. The molecule has 1 N–H and O–H groups in total. The summed E-state index contributed by atoms with van der Waals surface area (Å²) in [6.07, 6.45) is 0. The van der Waals surface area contributed by atoms with Crippen molar-refractivity contribution >= 4 is 10.0 Å².